The van der Waals surface area contributed by atoms with Gasteiger partial charge in [-0.3, -0.25) is 0 Å². The highest BCUT2D eigenvalue weighted by Crippen LogP contribution is 2.38. The van der Waals surface area contributed by atoms with Crippen molar-refractivity contribution in [2.24, 2.45) is 5.41 Å². The van der Waals surface area contributed by atoms with Crippen molar-refractivity contribution in [1.29, 1.82) is 0 Å². The third-order valence-corrected chi connectivity index (χ3v) is 3.45. The molecule has 1 rings (SSSR count). The summed E-state index contributed by atoms with van der Waals surface area (Å²) in [7, 11) is 2.08. The lowest BCUT2D eigenvalue weighted by atomic mass is 9.72. The summed E-state index contributed by atoms with van der Waals surface area (Å²) in [6.07, 6.45) is 6.93. The summed E-state index contributed by atoms with van der Waals surface area (Å²) in [5.41, 5.74) is 0.660. The molecule has 1 aliphatic carbocycles. The van der Waals surface area contributed by atoms with Gasteiger partial charge in [-0.1, -0.05) is 20.3 Å². The summed E-state index contributed by atoms with van der Waals surface area (Å²) >= 11 is 0. The first-order chi connectivity index (χ1) is 5.20. The van der Waals surface area contributed by atoms with Gasteiger partial charge in [-0.2, -0.15) is 0 Å². The van der Waals surface area contributed by atoms with Crippen LogP contribution in [0.5, 0.6) is 0 Å². The lowest BCUT2D eigenvalue weighted by Crippen LogP contribution is -2.34. The average Bonchev–Trinajstić information content (AvgIpc) is 2.06. The topological polar surface area (TPSA) is 12.0 Å². The maximum Gasteiger partial charge on any atom is 0.00644 e. The van der Waals surface area contributed by atoms with Crippen LogP contribution in [0.2, 0.25) is 0 Å². The van der Waals surface area contributed by atoms with Crippen molar-refractivity contribution < 1.29 is 0 Å². The first kappa shape index (κ1) is 9.05. The Morgan fingerprint density at radius 3 is 2.27 bits per heavy atom. The highest BCUT2D eigenvalue weighted by Gasteiger charge is 2.28. The molecule has 0 aromatic rings. The number of hydrogen-bond acceptors (Lipinski definition) is 1. The van der Waals surface area contributed by atoms with E-state index in [2.05, 4.69) is 26.2 Å². The molecule has 0 aliphatic heterocycles. The van der Waals surface area contributed by atoms with Crippen molar-refractivity contribution in [2.75, 3.05) is 7.05 Å². The minimum Gasteiger partial charge on any atom is -0.317 e. The second kappa shape index (κ2) is 3.57. The zero-order valence-corrected chi connectivity index (χ0v) is 8.11. The molecule has 1 saturated carbocycles. The van der Waals surface area contributed by atoms with Crippen LogP contribution in [0.15, 0.2) is 0 Å². The van der Waals surface area contributed by atoms with Gasteiger partial charge in [0.2, 0.25) is 0 Å². The monoisotopic (exact) mass is 155 g/mol. The molecular weight excluding hydrogens is 134 g/mol. The lowest BCUT2D eigenvalue weighted by molar-refractivity contribution is 0.181. The molecule has 1 nitrogen and oxygen atoms in total. The Morgan fingerprint density at radius 1 is 1.36 bits per heavy atom. The van der Waals surface area contributed by atoms with Gasteiger partial charge in [-0.15, -0.1) is 0 Å². The van der Waals surface area contributed by atoms with Crippen molar-refractivity contribution in [3.63, 3.8) is 0 Å². The van der Waals surface area contributed by atoms with E-state index >= 15 is 0 Å². The van der Waals surface area contributed by atoms with Gasteiger partial charge in [-0.05, 0) is 38.1 Å². The number of hydrogen-bond donors (Lipinski definition) is 1. The van der Waals surface area contributed by atoms with Crippen molar-refractivity contribution in [3.05, 3.63) is 0 Å². The molecule has 0 unspecified atom stereocenters. The van der Waals surface area contributed by atoms with Gasteiger partial charge in [0.15, 0.2) is 0 Å². The molecule has 0 saturated heterocycles. The summed E-state index contributed by atoms with van der Waals surface area (Å²) in [6, 6.07) is 0.801. The van der Waals surface area contributed by atoms with Crippen molar-refractivity contribution in [1.82, 2.24) is 5.32 Å². The predicted octanol–water partition coefficient (Wildman–Crippen LogP) is 2.56. The second-order valence-corrected chi connectivity index (χ2v) is 4.23. The number of nitrogens with one attached hydrogen (secondary N) is 1. The minimum atomic E-state index is 0.660. The van der Waals surface area contributed by atoms with Crippen LogP contribution in [0.3, 0.4) is 0 Å². The van der Waals surface area contributed by atoms with E-state index in [-0.39, 0.29) is 0 Å². The zero-order chi connectivity index (χ0) is 8.32. The van der Waals surface area contributed by atoms with Crippen molar-refractivity contribution in [2.45, 2.75) is 52.0 Å². The Labute approximate surface area is 70.6 Å². The summed E-state index contributed by atoms with van der Waals surface area (Å²) in [5.74, 6) is 0. The van der Waals surface area contributed by atoms with E-state index in [1.807, 2.05) is 0 Å². The molecule has 66 valence electrons. The molecule has 1 aliphatic rings. The quantitative estimate of drug-likeness (QED) is 0.646. The van der Waals surface area contributed by atoms with E-state index < -0.39 is 0 Å². The molecule has 0 amide bonds. The molecular formula is C10H21N. The number of rotatable bonds is 2. The van der Waals surface area contributed by atoms with Crippen LogP contribution in [0.1, 0.15) is 46.0 Å². The van der Waals surface area contributed by atoms with Crippen LogP contribution in [-0.2, 0) is 0 Å². The Morgan fingerprint density at radius 2 is 1.91 bits per heavy atom. The standard InChI is InChI=1S/C10H21N/c1-4-10(2)7-5-9(11-3)6-8-10/h9,11H,4-8H2,1-3H3. The molecule has 11 heavy (non-hydrogen) atoms. The Balaban J connectivity index is 2.35. The summed E-state index contributed by atoms with van der Waals surface area (Å²) in [4.78, 5) is 0. The maximum atomic E-state index is 3.37. The molecule has 0 aromatic carbocycles. The molecule has 0 aromatic heterocycles. The molecule has 0 radical (unpaired) electrons. The van der Waals surface area contributed by atoms with E-state index in [4.69, 9.17) is 0 Å². The van der Waals surface area contributed by atoms with Crippen molar-refractivity contribution in [3.8, 4) is 0 Å². The van der Waals surface area contributed by atoms with Gasteiger partial charge in [0, 0.05) is 6.04 Å². The Kier molecular flexibility index (Phi) is 2.94. The summed E-state index contributed by atoms with van der Waals surface area (Å²) in [6.45, 7) is 4.75. The SMILES string of the molecule is CCC1(C)CCC(NC)CC1. The summed E-state index contributed by atoms with van der Waals surface area (Å²) < 4.78 is 0. The summed E-state index contributed by atoms with van der Waals surface area (Å²) in [5, 5.41) is 3.37. The maximum absolute atomic E-state index is 3.37. The van der Waals surface area contributed by atoms with Gasteiger partial charge in [-0.25, -0.2) is 0 Å². The predicted molar refractivity (Wildman–Crippen MR) is 49.7 cm³/mol. The van der Waals surface area contributed by atoms with E-state index in [0.29, 0.717) is 5.41 Å². The third-order valence-electron chi connectivity index (χ3n) is 3.45. The Hall–Kier alpha value is -0.0400. The van der Waals surface area contributed by atoms with Crippen LogP contribution >= 0.6 is 0 Å². The van der Waals surface area contributed by atoms with Gasteiger partial charge in [0.1, 0.15) is 0 Å². The molecule has 1 heteroatoms. The fourth-order valence-corrected chi connectivity index (χ4v) is 1.96. The smallest absolute Gasteiger partial charge is 0.00644 e. The van der Waals surface area contributed by atoms with Gasteiger partial charge >= 0.3 is 0 Å². The van der Waals surface area contributed by atoms with Crippen molar-refractivity contribution >= 4 is 0 Å². The fourth-order valence-electron chi connectivity index (χ4n) is 1.96. The minimum absolute atomic E-state index is 0.660. The molecule has 0 spiro atoms. The van der Waals surface area contributed by atoms with Gasteiger partial charge in [0.25, 0.3) is 0 Å². The normalized spacial score (nSPS) is 39.0. The van der Waals surface area contributed by atoms with Crippen LogP contribution in [0.25, 0.3) is 0 Å². The first-order valence-corrected chi connectivity index (χ1v) is 4.87. The van der Waals surface area contributed by atoms with Crippen LogP contribution in [0.4, 0.5) is 0 Å². The molecule has 1 N–H and O–H groups in total. The van der Waals surface area contributed by atoms with E-state index in [9.17, 15) is 0 Å². The Bertz CT molecular complexity index is 112. The highest BCUT2D eigenvalue weighted by molar-refractivity contribution is 4.83. The lowest BCUT2D eigenvalue weighted by Gasteiger charge is -2.36. The van der Waals surface area contributed by atoms with Gasteiger partial charge in [0.05, 0.1) is 0 Å². The fraction of sp³-hybridized carbons (Fsp3) is 1.00. The molecule has 0 heterocycles. The highest BCUT2D eigenvalue weighted by atomic mass is 14.9. The first-order valence-electron chi connectivity index (χ1n) is 4.87. The molecule has 1 fully saturated rings. The van der Waals surface area contributed by atoms with E-state index in [0.717, 1.165) is 6.04 Å². The average molecular weight is 155 g/mol. The van der Waals surface area contributed by atoms with Crippen LogP contribution in [-0.4, -0.2) is 13.1 Å². The van der Waals surface area contributed by atoms with E-state index in [1.54, 1.807) is 0 Å². The molecule has 0 atom stereocenters. The zero-order valence-electron chi connectivity index (χ0n) is 8.11. The van der Waals surface area contributed by atoms with E-state index in [1.165, 1.54) is 32.1 Å². The third kappa shape index (κ3) is 2.19. The van der Waals surface area contributed by atoms with Crippen LogP contribution in [0, 0.1) is 5.41 Å². The largest absolute Gasteiger partial charge is 0.317 e. The molecule has 0 bridgehead atoms. The van der Waals surface area contributed by atoms with Crippen LogP contribution < -0.4 is 5.32 Å². The second-order valence-electron chi connectivity index (χ2n) is 4.23. The van der Waals surface area contributed by atoms with Gasteiger partial charge < -0.3 is 5.32 Å².